The van der Waals surface area contributed by atoms with Crippen molar-refractivity contribution in [3.63, 3.8) is 0 Å². The second-order valence-corrected chi connectivity index (χ2v) is 8.03. The predicted molar refractivity (Wildman–Crippen MR) is 82.8 cm³/mol. The molecule has 0 radical (unpaired) electrons. The first-order chi connectivity index (χ1) is 9.46. The lowest BCUT2D eigenvalue weighted by atomic mass is 10.1. The van der Waals surface area contributed by atoms with Crippen LogP contribution >= 0.6 is 0 Å². The average molecular weight is 295 g/mol. The second kappa shape index (κ2) is 6.27. The van der Waals surface area contributed by atoms with Crippen LogP contribution in [0, 0.1) is 13.8 Å². The molecule has 1 fully saturated rings. The fraction of sp³-hybridized carbons (Fsp3) is 0.625. The topological polar surface area (TPSA) is 46.2 Å². The van der Waals surface area contributed by atoms with E-state index in [-0.39, 0.29) is 11.3 Å². The Labute approximate surface area is 122 Å². The Balaban J connectivity index is 2.38. The van der Waals surface area contributed by atoms with Crippen LogP contribution in [-0.4, -0.2) is 26.8 Å². The third kappa shape index (κ3) is 3.07. The van der Waals surface area contributed by atoms with Gasteiger partial charge in [0.15, 0.2) is 9.84 Å². The fourth-order valence-electron chi connectivity index (χ4n) is 3.04. The number of rotatable bonds is 3. The molecule has 1 N–H and O–H groups in total. The maximum Gasteiger partial charge on any atom is 0.182 e. The summed E-state index contributed by atoms with van der Waals surface area (Å²) in [6, 6.07) is 5.56. The van der Waals surface area contributed by atoms with Crippen molar-refractivity contribution >= 4 is 9.84 Å². The van der Waals surface area contributed by atoms with E-state index >= 15 is 0 Å². The molecule has 1 aliphatic carbocycles. The van der Waals surface area contributed by atoms with Crippen LogP contribution in [0.15, 0.2) is 23.1 Å². The summed E-state index contributed by atoms with van der Waals surface area (Å²) in [7, 11) is -1.37. The minimum Gasteiger partial charge on any atom is -0.316 e. The maximum atomic E-state index is 12.9. The van der Waals surface area contributed by atoms with Gasteiger partial charge >= 0.3 is 0 Å². The van der Waals surface area contributed by atoms with Gasteiger partial charge in [-0.05, 0) is 57.0 Å². The van der Waals surface area contributed by atoms with Crippen molar-refractivity contribution in [1.82, 2.24) is 5.32 Å². The van der Waals surface area contributed by atoms with E-state index in [1.807, 2.05) is 33.0 Å². The van der Waals surface area contributed by atoms with Crippen LogP contribution in [-0.2, 0) is 9.84 Å². The molecule has 1 aliphatic rings. The lowest BCUT2D eigenvalue weighted by molar-refractivity contribution is 0.480. The molecule has 2 unspecified atom stereocenters. The SMILES string of the molecule is CNC1CCCCCC1S(=O)(=O)c1ccc(C)c(C)c1. The zero-order valence-electron chi connectivity index (χ0n) is 12.6. The maximum absolute atomic E-state index is 12.9. The highest BCUT2D eigenvalue weighted by Gasteiger charge is 2.34. The predicted octanol–water partition coefficient (Wildman–Crippen LogP) is 3.00. The van der Waals surface area contributed by atoms with Gasteiger partial charge in [-0.1, -0.05) is 25.3 Å². The molecule has 0 saturated heterocycles. The van der Waals surface area contributed by atoms with E-state index in [2.05, 4.69) is 5.32 Å². The Hall–Kier alpha value is -0.870. The zero-order chi connectivity index (χ0) is 14.8. The van der Waals surface area contributed by atoms with Crippen molar-refractivity contribution in [3.8, 4) is 0 Å². The van der Waals surface area contributed by atoms with Gasteiger partial charge in [0, 0.05) is 6.04 Å². The second-order valence-electron chi connectivity index (χ2n) is 5.86. The Morgan fingerprint density at radius 1 is 1.05 bits per heavy atom. The van der Waals surface area contributed by atoms with Crippen LogP contribution in [0.1, 0.15) is 43.2 Å². The highest BCUT2D eigenvalue weighted by Crippen LogP contribution is 2.29. The summed E-state index contributed by atoms with van der Waals surface area (Å²) in [5.41, 5.74) is 2.18. The lowest BCUT2D eigenvalue weighted by Crippen LogP contribution is -2.41. The van der Waals surface area contributed by atoms with E-state index < -0.39 is 9.84 Å². The van der Waals surface area contributed by atoms with Crippen LogP contribution in [0.25, 0.3) is 0 Å². The molecule has 0 aliphatic heterocycles. The molecule has 112 valence electrons. The molecule has 0 heterocycles. The summed E-state index contributed by atoms with van der Waals surface area (Å²) in [6.45, 7) is 3.98. The van der Waals surface area contributed by atoms with Gasteiger partial charge in [-0.3, -0.25) is 0 Å². The Morgan fingerprint density at radius 2 is 1.75 bits per heavy atom. The number of aryl methyl sites for hydroxylation is 2. The van der Waals surface area contributed by atoms with E-state index in [9.17, 15) is 8.42 Å². The first-order valence-electron chi connectivity index (χ1n) is 7.45. The van der Waals surface area contributed by atoms with Gasteiger partial charge in [0.05, 0.1) is 10.1 Å². The smallest absolute Gasteiger partial charge is 0.182 e. The molecule has 4 heteroatoms. The van der Waals surface area contributed by atoms with Crippen molar-refractivity contribution in [2.24, 2.45) is 0 Å². The average Bonchev–Trinajstić information content (AvgIpc) is 2.67. The summed E-state index contributed by atoms with van der Waals surface area (Å²) in [5, 5.41) is 2.92. The molecule has 1 saturated carbocycles. The van der Waals surface area contributed by atoms with Gasteiger partial charge in [-0.25, -0.2) is 8.42 Å². The third-order valence-electron chi connectivity index (χ3n) is 4.53. The minimum atomic E-state index is -3.25. The van der Waals surface area contributed by atoms with E-state index in [4.69, 9.17) is 0 Å². The van der Waals surface area contributed by atoms with Crippen LogP contribution < -0.4 is 5.32 Å². The summed E-state index contributed by atoms with van der Waals surface area (Å²) in [4.78, 5) is 0.479. The number of benzene rings is 1. The number of nitrogens with one attached hydrogen (secondary N) is 1. The van der Waals surface area contributed by atoms with Crippen LogP contribution in [0.2, 0.25) is 0 Å². The van der Waals surface area contributed by atoms with E-state index in [0.29, 0.717) is 4.90 Å². The summed E-state index contributed by atoms with van der Waals surface area (Å²) in [5.74, 6) is 0. The summed E-state index contributed by atoms with van der Waals surface area (Å²) < 4.78 is 25.9. The normalized spacial score (nSPS) is 24.4. The number of hydrogen-bond donors (Lipinski definition) is 1. The Bertz CT molecular complexity index is 566. The lowest BCUT2D eigenvalue weighted by Gasteiger charge is -2.25. The van der Waals surface area contributed by atoms with Crippen molar-refractivity contribution in [1.29, 1.82) is 0 Å². The standard InChI is InChI=1S/C16H25NO2S/c1-12-9-10-14(11-13(12)2)20(18,19)16-8-6-4-5-7-15(16)17-3/h9-11,15-17H,4-8H2,1-3H3. The Kier molecular flexibility index (Phi) is 4.86. The largest absolute Gasteiger partial charge is 0.316 e. The first-order valence-corrected chi connectivity index (χ1v) is 9.00. The van der Waals surface area contributed by atoms with Crippen molar-refractivity contribution in [3.05, 3.63) is 29.3 Å². The highest BCUT2D eigenvalue weighted by molar-refractivity contribution is 7.92. The molecular formula is C16H25NO2S. The molecular weight excluding hydrogens is 270 g/mol. The van der Waals surface area contributed by atoms with Gasteiger partial charge in [-0.15, -0.1) is 0 Å². The van der Waals surface area contributed by atoms with Crippen LogP contribution in [0.3, 0.4) is 0 Å². The van der Waals surface area contributed by atoms with E-state index in [0.717, 1.165) is 43.2 Å². The number of sulfone groups is 1. The van der Waals surface area contributed by atoms with E-state index in [1.165, 1.54) is 0 Å². The molecule has 0 spiro atoms. The van der Waals surface area contributed by atoms with Gasteiger partial charge in [0.2, 0.25) is 0 Å². The van der Waals surface area contributed by atoms with Crippen LogP contribution in [0.5, 0.6) is 0 Å². The summed E-state index contributed by atoms with van der Waals surface area (Å²) in [6.07, 6.45) is 4.97. The van der Waals surface area contributed by atoms with Crippen molar-refractivity contribution in [2.75, 3.05) is 7.05 Å². The zero-order valence-corrected chi connectivity index (χ0v) is 13.5. The monoisotopic (exact) mass is 295 g/mol. The molecule has 1 aromatic rings. The fourth-order valence-corrected chi connectivity index (χ4v) is 5.17. The molecule has 0 aromatic heterocycles. The molecule has 2 rings (SSSR count). The third-order valence-corrected chi connectivity index (χ3v) is 6.80. The molecule has 0 bridgehead atoms. The molecule has 2 atom stereocenters. The van der Waals surface area contributed by atoms with Gasteiger partial charge in [0.25, 0.3) is 0 Å². The Morgan fingerprint density at radius 3 is 2.40 bits per heavy atom. The van der Waals surface area contributed by atoms with E-state index in [1.54, 1.807) is 6.07 Å². The quantitative estimate of drug-likeness (QED) is 0.872. The van der Waals surface area contributed by atoms with Gasteiger partial charge < -0.3 is 5.32 Å². The molecule has 20 heavy (non-hydrogen) atoms. The summed E-state index contributed by atoms with van der Waals surface area (Å²) >= 11 is 0. The minimum absolute atomic E-state index is 0.0732. The molecule has 1 aromatic carbocycles. The van der Waals surface area contributed by atoms with Crippen molar-refractivity contribution in [2.45, 2.75) is 62.1 Å². The van der Waals surface area contributed by atoms with Gasteiger partial charge in [-0.2, -0.15) is 0 Å². The van der Waals surface area contributed by atoms with Crippen LogP contribution in [0.4, 0.5) is 0 Å². The van der Waals surface area contributed by atoms with Crippen molar-refractivity contribution < 1.29 is 8.42 Å². The molecule has 0 amide bonds. The number of hydrogen-bond acceptors (Lipinski definition) is 3. The molecule has 3 nitrogen and oxygen atoms in total. The highest BCUT2D eigenvalue weighted by atomic mass is 32.2. The first kappa shape index (κ1) is 15.5. The van der Waals surface area contributed by atoms with Gasteiger partial charge in [0.1, 0.15) is 0 Å².